The van der Waals surface area contributed by atoms with E-state index in [1.54, 1.807) is 11.1 Å². The van der Waals surface area contributed by atoms with Gasteiger partial charge in [-0.25, -0.2) is 4.98 Å². The average molecular weight is 355 g/mol. The van der Waals surface area contributed by atoms with Gasteiger partial charge < -0.3 is 9.84 Å². The number of fused-ring (bicyclic) bond motifs is 1. The van der Waals surface area contributed by atoms with E-state index in [1.807, 2.05) is 32.0 Å². The number of ether oxygens (including phenoxy) is 1. The van der Waals surface area contributed by atoms with Crippen LogP contribution in [0.15, 0.2) is 30.6 Å². The number of carbonyl (C=O) groups excluding carboxylic acids is 1. The molecule has 1 N–H and O–H groups in total. The number of carbonyl (C=O) groups is 2. The predicted octanol–water partition coefficient (Wildman–Crippen LogP) is 2.43. The summed E-state index contributed by atoms with van der Waals surface area (Å²) in [7, 11) is 0. The molecule has 1 aliphatic heterocycles. The Morgan fingerprint density at radius 2 is 2.12 bits per heavy atom. The van der Waals surface area contributed by atoms with Crippen molar-refractivity contribution < 1.29 is 19.4 Å². The molecule has 0 aliphatic carbocycles. The lowest BCUT2D eigenvalue weighted by atomic mass is 9.95. The second-order valence-corrected chi connectivity index (χ2v) is 6.41. The summed E-state index contributed by atoms with van der Waals surface area (Å²) in [6.45, 7) is 4.21. The molecule has 0 bridgehead atoms. The van der Waals surface area contributed by atoms with Crippen molar-refractivity contribution in [3.63, 3.8) is 0 Å². The smallest absolute Gasteiger partial charge is 0.306 e. The van der Waals surface area contributed by atoms with Crippen molar-refractivity contribution in [1.82, 2.24) is 14.9 Å². The fraction of sp³-hybridized carbons (Fsp3) is 0.368. The summed E-state index contributed by atoms with van der Waals surface area (Å²) in [5.74, 6) is -0.740. The Labute approximate surface area is 151 Å². The van der Waals surface area contributed by atoms with Crippen molar-refractivity contribution >= 4 is 11.9 Å². The molecule has 0 radical (unpaired) electrons. The second-order valence-electron chi connectivity index (χ2n) is 6.41. The standard InChI is InChI=1S/C19H21N3O4/c1-3-14(19(24)25)6-13-4-5-17-15(7-13)10-22(11-26-17)18(23)16-9-20-12(2)8-21-16/h4-5,7-9,14H,3,6,10-11H2,1-2H3,(H,24,25). The van der Waals surface area contributed by atoms with Crippen LogP contribution in [0.25, 0.3) is 0 Å². The Hall–Kier alpha value is -2.96. The average Bonchev–Trinajstić information content (AvgIpc) is 2.65. The van der Waals surface area contributed by atoms with Crippen LogP contribution in [0.4, 0.5) is 0 Å². The lowest BCUT2D eigenvalue weighted by Crippen LogP contribution is -2.37. The molecule has 1 aromatic heterocycles. The zero-order valence-electron chi connectivity index (χ0n) is 14.8. The highest BCUT2D eigenvalue weighted by Gasteiger charge is 2.25. The third kappa shape index (κ3) is 3.82. The largest absolute Gasteiger partial charge is 0.481 e. The molecule has 0 fully saturated rings. The van der Waals surface area contributed by atoms with Crippen LogP contribution < -0.4 is 4.74 Å². The third-order valence-corrected chi connectivity index (χ3v) is 4.47. The van der Waals surface area contributed by atoms with Crippen molar-refractivity contribution in [1.29, 1.82) is 0 Å². The summed E-state index contributed by atoms with van der Waals surface area (Å²) < 4.78 is 5.68. The molecular weight excluding hydrogens is 334 g/mol. The summed E-state index contributed by atoms with van der Waals surface area (Å²) in [5.41, 5.74) is 2.81. The number of rotatable bonds is 5. The number of aryl methyl sites for hydroxylation is 1. The molecule has 7 nitrogen and oxygen atoms in total. The molecule has 0 saturated heterocycles. The van der Waals surface area contributed by atoms with Crippen LogP contribution in [0, 0.1) is 12.8 Å². The first-order chi connectivity index (χ1) is 12.5. The molecule has 1 aromatic carbocycles. The summed E-state index contributed by atoms with van der Waals surface area (Å²) in [6, 6.07) is 5.64. The van der Waals surface area contributed by atoms with Crippen LogP contribution in [0.3, 0.4) is 0 Å². The Morgan fingerprint density at radius 1 is 1.31 bits per heavy atom. The zero-order chi connectivity index (χ0) is 18.7. The van der Waals surface area contributed by atoms with E-state index in [0.717, 1.165) is 22.6 Å². The fourth-order valence-electron chi connectivity index (χ4n) is 2.91. The maximum atomic E-state index is 12.6. The number of nitrogens with zero attached hydrogens (tertiary/aromatic N) is 3. The molecule has 136 valence electrons. The van der Waals surface area contributed by atoms with E-state index in [2.05, 4.69) is 9.97 Å². The highest BCUT2D eigenvalue weighted by atomic mass is 16.5. The third-order valence-electron chi connectivity index (χ3n) is 4.47. The molecule has 0 spiro atoms. The van der Waals surface area contributed by atoms with Crippen LogP contribution >= 0.6 is 0 Å². The van der Waals surface area contributed by atoms with Crippen molar-refractivity contribution in [2.24, 2.45) is 5.92 Å². The summed E-state index contributed by atoms with van der Waals surface area (Å²) >= 11 is 0. The monoisotopic (exact) mass is 355 g/mol. The molecular formula is C19H21N3O4. The highest BCUT2D eigenvalue weighted by Crippen LogP contribution is 2.28. The quantitative estimate of drug-likeness (QED) is 0.885. The second kappa shape index (κ2) is 7.51. The van der Waals surface area contributed by atoms with E-state index >= 15 is 0 Å². The van der Waals surface area contributed by atoms with Crippen LogP contribution in [0.2, 0.25) is 0 Å². The van der Waals surface area contributed by atoms with Gasteiger partial charge in [-0.2, -0.15) is 0 Å². The van der Waals surface area contributed by atoms with Gasteiger partial charge in [0.2, 0.25) is 0 Å². The Balaban J connectivity index is 1.76. The van der Waals surface area contributed by atoms with Crippen LogP contribution in [0.5, 0.6) is 5.75 Å². The lowest BCUT2D eigenvalue weighted by molar-refractivity contribution is -0.141. The Kier molecular flexibility index (Phi) is 5.16. The molecule has 3 rings (SSSR count). The summed E-state index contributed by atoms with van der Waals surface area (Å²) in [5, 5.41) is 9.24. The zero-order valence-corrected chi connectivity index (χ0v) is 14.8. The number of amides is 1. The molecule has 2 heterocycles. The normalized spacial score (nSPS) is 14.3. The van der Waals surface area contributed by atoms with E-state index in [-0.39, 0.29) is 18.3 Å². The maximum absolute atomic E-state index is 12.6. The Morgan fingerprint density at radius 3 is 2.77 bits per heavy atom. The maximum Gasteiger partial charge on any atom is 0.306 e. The minimum Gasteiger partial charge on any atom is -0.481 e. The Bertz CT molecular complexity index is 820. The van der Waals surface area contributed by atoms with Crippen molar-refractivity contribution in [2.45, 2.75) is 33.2 Å². The van der Waals surface area contributed by atoms with Gasteiger partial charge in [0.05, 0.1) is 24.4 Å². The van der Waals surface area contributed by atoms with E-state index in [1.165, 1.54) is 6.20 Å². The van der Waals surface area contributed by atoms with E-state index in [4.69, 9.17) is 4.74 Å². The SMILES string of the molecule is CCC(Cc1ccc2c(c1)CN(C(=O)c1cnc(C)cn1)CO2)C(=O)O. The lowest BCUT2D eigenvalue weighted by Gasteiger charge is -2.29. The van der Waals surface area contributed by atoms with Crippen LogP contribution in [-0.4, -0.2) is 38.6 Å². The molecule has 7 heteroatoms. The summed E-state index contributed by atoms with van der Waals surface area (Å²) in [6.07, 6.45) is 4.04. The fourth-order valence-corrected chi connectivity index (χ4v) is 2.91. The molecule has 0 saturated carbocycles. The van der Waals surface area contributed by atoms with Gasteiger partial charge in [-0.1, -0.05) is 19.1 Å². The van der Waals surface area contributed by atoms with Crippen molar-refractivity contribution in [3.05, 3.63) is 53.1 Å². The van der Waals surface area contributed by atoms with E-state index < -0.39 is 11.9 Å². The number of hydrogen-bond donors (Lipinski definition) is 1. The molecule has 1 atom stereocenters. The molecule has 1 unspecified atom stereocenters. The van der Waals surface area contributed by atoms with Crippen molar-refractivity contribution in [3.8, 4) is 5.75 Å². The van der Waals surface area contributed by atoms with Gasteiger partial charge in [0.25, 0.3) is 5.91 Å². The molecule has 1 aliphatic rings. The van der Waals surface area contributed by atoms with E-state index in [0.29, 0.717) is 19.4 Å². The van der Waals surface area contributed by atoms with Gasteiger partial charge in [0, 0.05) is 11.8 Å². The topological polar surface area (TPSA) is 92.6 Å². The first-order valence-electron chi connectivity index (χ1n) is 8.53. The first kappa shape index (κ1) is 17.8. The van der Waals surface area contributed by atoms with Crippen LogP contribution in [-0.2, 0) is 17.8 Å². The molecule has 2 aromatic rings. The van der Waals surface area contributed by atoms with Gasteiger partial charge in [-0.05, 0) is 31.4 Å². The highest BCUT2D eigenvalue weighted by molar-refractivity contribution is 5.92. The number of hydrogen-bond acceptors (Lipinski definition) is 5. The minimum absolute atomic E-state index is 0.146. The van der Waals surface area contributed by atoms with Gasteiger partial charge >= 0.3 is 5.97 Å². The van der Waals surface area contributed by atoms with E-state index in [9.17, 15) is 14.7 Å². The number of aromatic nitrogens is 2. The van der Waals surface area contributed by atoms with Gasteiger partial charge in [0.15, 0.2) is 6.73 Å². The van der Waals surface area contributed by atoms with Gasteiger partial charge in [-0.3, -0.25) is 19.5 Å². The first-order valence-corrected chi connectivity index (χ1v) is 8.53. The van der Waals surface area contributed by atoms with Crippen molar-refractivity contribution in [2.75, 3.05) is 6.73 Å². The molecule has 26 heavy (non-hydrogen) atoms. The molecule has 1 amide bonds. The number of benzene rings is 1. The minimum atomic E-state index is -0.795. The van der Waals surface area contributed by atoms with Gasteiger partial charge in [0.1, 0.15) is 11.4 Å². The number of carboxylic acid groups (broad SMARTS) is 1. The van der Waals surface area contributed by atoms with Gasteiger partial charge in [-0.15, -0.1) is 0 Å². The predicted molar refractivity (Wildman–Crippen MR) is 93.7 cm³/mol. The number of aliphatic carboxylic acids is 1. The van der Waals surface area contributed by atoms with Crippen LogP contribution in [0.1, 0.15) is 40.7 Å². The number of carboxylic acids is 1. The summed E-state index contributed by atoms with van der Waals surface area (Å²) in [4.78, 5) is 33.6.